The van der Waals surface area contributed by atoms with Gasteiger partial charge >= 0.3 is 0 Å². The zero-order chi connectivity index (χ0) is 12.8. The van der Waals surface area contributed by atoms with E-state index < -0.39 is 0 Å². The van der Waals surface area contributed by atoms with Crippen LogP contribution >= 0.6 is 34.8 Å². The highest BCUT2D eigenvalue weighted by molar-refractivity contribution is 6.42. The quantitative estimate of drug-likeness (QED) is 0.748. The SMILES string of the molecule is CC(C)CC(CCl)NCc1ccc(Cl)c(Cl)c1. The standard InChI is InChI=1S/C13H18Cl3N/c1-9(2)5-11(7-14)17-8-10-3-4-12(15)13(16)6-10/h3-4,6,9,11,17H,5,7-8H2,1-2H3. The summed E-state index contributed by atoms with van der Waals surface area (Å²) < 4.78 is 0. The molecule has 0 spiro atoms. The first-order valence-corrected chi connectivity index (χ1v) is 7.05. The van der Waals surface area contributed by atoms with Crippen LogP contribution in [0, 0.1) is 5.92 Å². The van der Waals surface area contributed by atoms with Crippen molar-refractivity contribution in [2.75, 3.05) is 5.88 Å². The molecular weight excluding hydrogens is 277 g/mol. The van der Waals surface area contributed by atoms with Gasteiger partial charge in [-0.3, -0.25) is 0 Å². The fourth-order valence-corrected chi connectivity index (χ4v) is 2.24. The third-order valence-electron chi connectivity index (χ3n) is 2.52. The van der Waals surface area contributed by atoms with Gasteiger partial charge in [0.25, 0.3) is 0 Å². The molecule has 1 atom stereocenters. The summed E-state index contributed by atoms with van der Waals surface area (Å²) in [6, 6.07) is 6.02. The zero-order valence-corrected chi connectivity index (χ0v) is 12.4. The van der Waals surface area contributed by atoms with E-state index in [9.17, 15) is 0 Å². The van der Waals surface area contributed by atoms with Crippen LogP contribution in [0.1, 0.15) is 25.8 Å². The van der Waals surface area contributed by atoms with E-state index in [1.54, 1.807) is 0 Å². The van der Waals surface area contributed by atoms with Gasteiger partial charge in [0, 0.05) is 18.5 Å². The molecule has 1 unspecified atom stereocenters. The molecule has 0 aliphatic carbocycles. The molecule has 1 aromatic rings. The molecule has 17 heavy (non-hydrogen) atoms. The molecule has 96 valence electrons. The van der Waals surface area contributed by atoms with Crippen molar-refractivity contribution in [3.05, 3.63) is 33.8 Å². The summed E-state index contributed by atoms with van der Waals surface area (Å²) in [5.74, 6) is 1.26. The fourth-order valence-electron chi connectivity index (χ4n) is 1.68. The Morgan fingerprint density at radius 2 is 1.88 bits per heavy atom. The lowest BCUT2D eigenvalue weighted by Crippen LogP contribution is -2.31. The average molecular weight is 295 g/mol. The summed E-state index contributed by atoms with van der Waals surface area (Å²) in [6.07, 6.45) is 1.07. The molecule has 0 aliphatic heterocycles. The van der Waals surface area contributed by atoms with Crippen molar-refractivity contribution < 1.29 is 0 Å². The van der Waals surface area contributed by atoms with Gasteiger partial charge in [-0.1, -0.05) is 43.1 Å². The van der Waals surface area contributed by atoms with Crippen molar-refractivity contribution in [1.29, 1.82) is 0 Å². The minimum absolute atomic E-state index is 0.339. The molecule has 0 saturated carbocycles. The van der Waals surface area contributed by atoms with Crippen LogP contribution in [0.4, 0.5) is 0 Å². The van der Waals surface area contributed by atoms with Crippen LogP contribution in [0.3, 0.4) is 0 Å². The fraction of sp³-hybridized carbons (Fsp3) is 0.538. The Kier molecular flexibility index (Phi) is 6.65. The largest absolute Gasteiger partial charge is 0.309 e. The molecule has 1 aromatic carbocycles. The first-order chi connectivity index (χ1) is 8.02. The van der Waals surface area contributed by atoms with Gasteiger partial charge in [-0.25, -0.2) is 0 Å². The third kappa shape index (κ3) is 5.48. The summed E-state index contributed by atoms with van der Waals surface area (Å²) in [6.45, 7) is 5.15. The molecule has 1 nitrogen and oxygen atoms in total. The molecule has 0 saturated heterocycles. The first-order valence-electron chi connectivity index (χ1n) is 5.76. The summed E-state index contributed by atoms with van der Waals surface area (Å²) in [4.78, 5) is 0. The Bertz CT molecular complexity index is 353. The molecule has 0 radical (unpaired) electrons. The Balaban J connectivity index is 2.50. The summed E-state index contributed by atoms with van der Waals surface area (Å²) >= 11 is 17.8. The van der Waals surface area contributed by atoms with E-state index in [2.05, 4.69) is 19.2 Å². The lowest BCUT2D eigenvalue weighted by molar-refractivity contribution is 0.445. The molecule has 0 bridgehead atoms. The van der Waals surface area contributed by atoms with Crippen molar-refractivity contribution in [3.8, 4) is 0 Å². The molecule has 0 aliphatic rings. The second-order valence-electron chi connectivity index (χ2n) is 4.61. The molecule has 0 amide bonds. The summed E-state index contributed by atoms with van der Waals surface area (Å²) in [5.41, 5.74) is 1.12. The molecule has 1 N–H and O–H groups in total. The van der Waals surface area contributed by atoms with Gasteiger partial charge in [-0.05, 0) is 30.0 Å². The number of halogens is 3. The lowest BCUT2D eigenvalue weighted by atomic mass is 10.0. The van der Waals surface area contributed by atoms with E-state index in [4.69, 9.17) is 34.8 Å². The third-order valence-corrected chi connectivity index (χ3v) is 3.63. The maximum atomic E-state index is 5.96. The second-order valence-corrected chi connectivity index (χ2v) is 5.73. The lowest BCUT2D eigenvalue weighted by Gasteiger charge is -2.18. The predicted molar refractivity (Wildman–Crippen MR) is 77.3 cm³/mol. The van der Waals surface area contributed by atoms with Gasteiger partial charge in [0.15, 0.2) is 0 Å². The smallest absolute Gasteiger partial charge is 0.0595 e. The van der Waals surface area contributed by atoms with Crippen LogP contribution < -0.4 is 5.32 Å². The zero-order valence-electron chi connectivity index (χ0n) is 10.1. The van der Waals surface area contributed by atoms with Crippen molar-refractivity contribution in [2.45, 2.75) is 32.9 Å². The molecule has 1 rings (SSSR count). The number of nitrogens with one attached hydrogen (secondary N) is 1. The van der Waals surface area contributed by atoms with Crippen LogP contribution in [0.25, 0.3) is 0 Å². The molecule has 0 aromatic heterocycles. The van der Waals surface area contributed by atoms with Crippen LogP contribution in [-0.2, 0) is 6.54 Å². The van der Waals surface area contributed by atoms with Crippen LogP contribution in [-0.4, -0.2) is 11.9 Å². The number of rotatable bonds is 6. The van der Waals surface area contributed by atoms with Crippen molar-refractivity contribution in [3.63, 3.8) is 0 Å². The Hall–Kier alpha value is 0.0500. The average Bonchev–Trinajstić information content (AvgIpc) is 2.28. The van der Waals surface area contributed by atoms with Crippen LogP contribution in [0.5, 0.6) is 0 Å². The van der Waals surface area contributed by atoms with Gasteiger partial charge in [-0.15, -0.1) is 11.6 Å². The Labute approximate surface area is 118 Å². The van der Waals surface area contributed by atoms with Gasteiger partial charge in [0.05, 0.1) is 10.0 Å². The van der Waals surface area contributed by atoms with Crippen molar-refractivity contribution >= 4 is 34.8 Å². The van der Waals surface area contributed by atoms with Gasteiger partial charge in [0.2, 0.25) is 0 Å². The Morgan fingerprint density at radius 3 is 2.41 bits per heavy atom. The minimum Gasteiger partial charge on any atom is -0.309 e. The van der Waals surface area contributed by atoms with E-state index in [-0.39, 0.29) is 0 Å². The highest BCUT2D eigenvalue weighted by atomic mass is 35.5. The molecule has 4 heteroatoms. The second kappa shape index (κ2) is 7.48. The van der Waals surface area contributed by atoms with E-state index in [0.717, 1.165) is 18.5 Å². The molecular formula is C13H18Cl3N. The summed E-state index contributed by atoms with van der Waals surface area (Å²) in [5, 5.41) is 4.61. The summed E-state index contributed by atoms with van der Waals surface area (Å²) in [7, 11) is 0. The van der Waals surface area contributed by atoms with E-state index in [1.807, 2.05) is 18.2 Å². The minimum atomic E-state index is 0.339. The highest BCUT2D eigenvalue weighted by Gasteiger charge is 2.09. The van der Waals surface area contributed by atoms with Gasteiger partial charge in [-0.2, -0.15) is 0 Å². The number of benzene rings is 1. The number of hydrogen-bond donors (Lipinski definition) is 1. The Morgan fingerprint density at radius 1 is 1.18 bits per heavy atom. The normalized spacial score (nSPS) is 13.1. The molecule has 0 fully saturated rings. The van der Waals surface area contributed by atoms with E-state index >= 15 is 0 Å². The topological polar surface area (TPSA) is 12.0 Å². The monoisotopic (exact) mass is 293 g/mol. The van der Waals surface area contributed by atoms with Gasteiger partial charge in [0.1, 0.15) is 0 Å². The van der Waals surface area contributed by atoms with Gasteiger partial charge < -0.3 is 5.32 Å². The first kappa shape index (κ1) is 15.1. The maximum Gasteiger partial charge on any atom is 0.0595 e. The van der Waals surface area contributed by atoms with E-state index in [1.165, 1.54) is 0 Å². The highest BCUT2D eigenvalue weighted by Crippen LogP contribution is 2.22. The van der Waals surface area contributed by atoms with Crippen molar-refractivity contribution in [2.24, 2.45) is 5.92 Å². The number of alkyl halides is 1. The maximum absolute atomic E-state index is 5.96. The van der Waals surface area contributed by atoms with Crippen LogP contribution in [0.2, 0.25) is 10.0 Å². The van der Waals surface area contributed by atoms with Crippen molar-refractivity contribution in [1.82, 2.24) is 5.32 Å². The predicted octanol–water partition coefficient (Wildman–Crippen LogP) is 4.74. The molecule has 0 heterocycles. The van der Waals surface area contributed by atoms with E-state index in [0.29, 0.717) is 27.9 Å². The van der Waals surface area contributed by atoms with Crippen LogP contribution in [0.15, 0.2) is 18.2 Å². The number of hydrogen-bond acceptors (Lipinski definition) is 1.